The van der Waals surface area contributed by atoms with E-state index in [4.69, 9.17) is 4.98 Å². The molecule has 4 aliphatic rings. The van der Waals surface area contributed by atoms with Crippen molar-refractivity contribution < 1.29 is 4.39 Å². The fraction of sp³-hybridized carbons (Fsp3) is 0.478. The van der Waals surface area contributed by atoms with E-state index in [1.165, 1.54) is 55.6 Å². The van der Waals surface area contributed by atoms with E-state index in [0.29, 0.717) is 23.8 Å². The van der Waals surface area contributed by atoms with Crippen molar-refractivity contribution in [2.45, 2.75) is 44.7 Å². The Morgan fingerprint density at radius 2 is 1.76 bits per heavy atom. The van der Waals surface area contributed by atoms with Gasteiger partial charge in [-0.05, 0) is 73.5 Å². The Morgan fingerprint density at radius 1 is 1.07 bits per heavy atom. The molecule has 0 radical (unpaired) electrons. The topological polar surface area (TPSA) is 57.8 Å². The van der Waals surface area contributed by atoms with Crippen molar-refractivity contribution in [3.05, 3.63) is 51.6 Å². The number of hydrogen-bond acceptors (Lipinski definition) is 4. The van der Waals surface area contributed by atoms with Crippen LogP contribution < -0.4 is 10.9 Å². The van der Waals surface area contributed by atoms with Gasteiger partial charge in [-0.3, -0.25) is 4.79 Å². The number of nitrogens with zero attached hydrogens (tertiary/aromatic N) is 1. The van der Waals surface area contributed by atoms with Gasteiger partial charge in [-0.25, -0.2) is 9.37 Å². The number of hydrogen-bond donors (Lipinski definition) is 2. The summed E-state index contributed by atoms with van der Waals surface area (Å²) in [6, 6.07) is 6.82. The molecule has 0 saturated heterocycles. The summed E-state index contributed by atoms with van der Waals surface area (Å²) in [5.74, 6) is 3.95. The Hall–Kier alpha value is -2.05. The summed E-state index contributed by atoms with van der Waals surface area (Å²) in [7, 11) is 0. The van der Waals surface area contributed by atoms with Crippen molar-refractivity contribution in [3.63, 3.8) is 0 Å². The quantitative estimate of drug-likeness (QED) is 0.656. The second-order valence-electron chi connectivity index (χ2n) is 9.19. The minimum atomic E-state index is -0.279. The zero-order valence-electron chi connectivity index (χ0n) is 16.2. The zero-order chi connectivity index (χ0) is 19.5. The highest BCUT2D eigenvalue weighted by atomic mass is 32.1. The molecule has 4 aliphatic carbocycles. The van der Waals surface area contributed by atoms with Crippen LogP contribution in [-0.4, -0.2) is 16.0 Å². The molecule has 0 spiro atoms. The second-order valence-corrected chi connectivity index (χ2v) is 10.0. The van der Waals surface area contributed by atoms with E-state index in [0.717, 1.165) is 39.6 Å². The summed E-state index contributed by atoms with van der Waals surface area (Å²) < 4.78 is 13.2. The van der Waals surface area contributed by atoms with Crippen LogP contribution in [0.3, 0.4) is 0 Å². The van der Waals surface area contributed by atoms with Gasteiger partial charge < -0.3 is 10.3 Å². The van der Waals surface area contributed by atoms with Gasteiger partial charge in [-0.15, -0.1) is 11.3 Å². The van der Waals surface area contributed by atoms with E-state index in [-0.39, 0.29) is 11.4 Å². The van der Waals surface area contributed by atoms with E-state index in [1.807, 2.05) is 5.38 Å². The Bertz CT molecular complexity index is 1090. The predicted octanol–water partition coefficient (Wildman–Crippen LogP) is 4.71. The van der Waals surface area contributed by atoms with Gasteiger partial charge in [0.25, 0.3) is 5.56 Å². The van der Waals surface area contributed by atoms with E-state index in [1.54, 1.807) is 12.1 Å². The maximum atomic E-state index is 13.2. The first-order valence-electron chi connectivity index (χ1n) is 10.6. The number of nitrogens with one attached hydrogen (secondary N) is 2. The van der Waals surface area contributed by atoms with Gasteiger partial charge in [0, 0.05) is 17.0 Å². The number of aromatic amines is 1. The van der Waals surface area contributed by atoms with Crippen molar-refractivity contribution in [2.24, 2.45) is 23.7 Å². The number of rotatable bonds is 4. The third-order valence-electron chi connectivity index (χ3n) is 7.38. The molecule has 0 unspecified atom stereocenters. The van der Waals surface area contributed by atoms with Crippen LogP contribution in [0.2, 0.25) is 0 Å². The molecule has 0 aliphatic heterocycles. The maximum Gasteiger partial charge on any atom is 0.260 e. The summed E-state index contributed by atoms with van der Waals surface area (Å²) in [6.07, 6.45) is 6.96. The van der Waals surface area contributed by atoms with Crippen LogP contribution in [-0.2, 0) is 6.54 Å². The third kappa shape index (κ3) is 3.04. The molecule has 2 heterocycles. The first-order valence-corrected chi connectivity index (χ1v) is 11.5. The van der Waals surface area contributed by atoms with Gasteiger partial charge in [-0.2, -0.15) is 0 Å². The molecule has 6 heteroatoms. The van der Waals surface area contributed by atoms with E-state index in [2.05, 4.69) is 10.3 Å². The fourth-order valence-corrected chi connectivity index (χ4v) is 7.36. The standard InChI is InChI=1S/C23H24FN3OS/c24-17-3-1-14(2-4-17)18-11-29-23-20(18)22(28)26-19(27-23)10-25-21-15-6-12-5-13(8-15)9-16(21)7-12/h1-4,11-13,15-16,21,25H,5-10H2,(H,26,27,28). The van der Waals surface area contributed by atoms with Gasteiger partial charge in [0.2, 0.25) is 0 Å². The van der Waals surface area contributed by atoms with Crippen LogP contribution in [0.5, 0.6) is 0 Å². The average Bonchev–Trinajstić information content (AvgIpc) is 3.12. The lowest BCUT2D eigenvalue weighted by atomic mass is 9.54. The first kappa shape index (κ1) is 17.8. The second kappa shape index (κ2) is 6.74. The van der Waals surface area contributed by atoms with E-state index >= 15 is 0 Å². The molecule has 1 aromatic carbocycles. The Balaban J connectivity index is 1.25. The lowest BCUT2D eigenvalue weighted by Gasteiger charge is -2.54. The number of fused-ring (bicyclic) bond motifs is 1. The molecule has 4 nitrogen and oxygen atoms in total. The molecule has 7 rings (SSSR count). The van der Waals surface area contributed by atoms with Gasteiger partial charge in [0.15, 0.2) is 0 Å². The lowest BCUT2D eigenvalue weighted by molar-refractivity contribution is -0.0144. The largest absolute Gasteiger partial charge is 0.309 e. The lowest BCUT2D eigenvalue weighted by Crippen LogP contribution is -2.54. The van der Waals surface area contributed by atoms with Gasteiger partial charge in [0.05, 0.1) is 11.9 Å². The molecule has 0 atom stereocenters. The molecule has 4 saturated carbocycles. The number of aromatic nitrogens is 2. The number of halogens is 1. The summed E-state index contributed by atoms with van der Waals surface area (Å²) in [5.41, 5.74) is 1.54. The van der Waals surface area contributed by atoms with Crippen LogP contribution in [0.25, 0.3) is 21.3 Å². The average molecular weight is 410 g/mol. The highest BCUT2D eigenvalue weighted by Gasteiger charge is 2.47. The van der Waals surface area contributed by atoms with Crippen molar-refractivity contribution in [1.82, 2.24) is 15.3 Å². The Kier molecular flexibility index (Phi) is 4.13. The molecule has 2 aromatic heterocycles. The molecule has 0 amide bonds. The van der Waals surface area contributed by atoms with Gasteiger partial charge >= 0.3 is 0 Å². The monoisotopic (exact) mass is 409 g/mol. The summed E-state index contributed by atoms with van der Waals surface area (Å²) in [5, 5.41) is 6.28. The molecule has 3 aromatic rings. The van der Waals surface area contributed by atoms with E-state index < -0.39 is 0 Å². The number of H-pyrrole nitrogens is 1. The maximum absolute atomic E-state index is 13.2. The molecule has 2 N–H and O–H groups in total. The fourth-order valence-electron chi connectivity index (χ4n) is 6.39. The summed E-state index contributed by atoms with van der Waals surface area (Å²) in [4.78, 5) is 21.3. The molecule has 150 valence electrons. The van der Waals surface area contributed by atoms with Crippen LogP contribution in [0, 0.1) is 29.5 Å². The van der Waals surface area contributed by atoms with Gasteiger partial charge in [-0.1, -0.05) is 12.1 Å². The minimum absolute atomic E-state index is 0.113. The number of benzene rings is 1. The molecule has 4 bridgehead atoms. The normalized spacial score (nSPS) is 30.3. The van der Waals surface area contributed by atoms with Gasteiger partial charge in [0.1, 0.15) is 16.5 Å². The number of thiophene rings is 1. The van der Waals surface area contributed by atoms with Crippen molar-refractivity contribution in [3.8, 4) is 11.1 Å². The van der Waals surface area contributed by atoms with Crippen LogP contribution >= 0.6 is 11.3 Å². The molecular weight excluding hydrogens is 385 g/mol. The molecular formula is C23H24FN3OS. The molecule has 4 fully saturated rings. The summed E-state index contributed by atoms with van der Waals surface area (Å²) >= 11 is 1.47. The zero-order valence-corrected chi connectivity index (χ0v) is 17.0. The van der Waals surface area contributed by atoms with Crippen molar-refractivity contribution in [1.29, 1.82) is 0 Å². The van der Waals surface area contributed by atoms with Crippen LogP contribution in [0.1, 0.15) is 37.9 Å². The van der Waals surface area contributed by atoms with Crippen molar-refractivity contribution >= 4 is 21.6 Å². The SMILES string of the molecule is O=c1[nH]c(CNC2C3CC4CC(C3)CC2C4)nc2scc(-c3ccc(F)cc3)c12. The Labute approximate surface area is 172 Å². The highest BCUT2D eigenvalue weighted by Crippen LogP contribution is 2.53. The smallest absolute Gasteiger partial charge is 0.260 e. The third-order valence-corrected chi connectivity index (χ3v) is 8.25. The van der Waals surface area contributed by atoms with Crippen molar-refractivity contribution in [2.75, 3.05) is 0 Å². The van der Waals surface area contributed by atoms with E-state index in [9.17, 15) is 9.18 Å². The highest BCUT2D eigenvalue weighted by molar-refractivity contribution is 7.17. The predicted molar refractivity (Wildman–Crippen MR) is 113 cm³/mol. The van der Waals surface area contributed by atoms with Crippen LogP contribution in [0.4, 0.5) is 4.39 Å². The summed E-state index contributed by atoms with van der Waals surface area (Å²) in [6.45, 7) is 0.613. The minimum Gasteiger partial charge on any atom is -0.309 e. The molecule has 29 heavy (non-hydrogen) atoms. The first-order chi connectivity index (χ1) is 14.1. The van der Waals surface area contributed by atoms with Crippen LogP contribution in [0.15, 0.2) is 34.4 Å². The Morgan fingerprint density at radius 3 is 2.45 bits per heavy atom.